The van der Waals surface area contributed by atoms with Gasteiger partial charge in [0.05, 0.1) is 27.9 Å². The first-order valence-electron chi connectivity index (χ1n) is 8.26. The van der Waals surface area contributed by atoms with E-state index in [-0.39, 0.29) is 5.91 Å². The smallest absolute Gasteiger partial charge is 0.252 e. The van der Waals surface area contributed by atoms with E-state index < -0.39 is 0 Å². The van der Waals surface area contributed by atoms with Gasteiger partial charge in [0.2, 0.25) is 0 Å². The number of aromatic nitrogens is 3. The molecular weight excluding hydrogens is 338 g/mol. The summed E-state index contributed by atoms with van der Waals surface area (Å²) in [4.78, 5) is 20.7. The molecule has 7 heteroatoms. The predicted octanol–water partition coefficient (Wildman–Crippen LogP) is 3.34. The lowest BCUT2D eigenvalue weighted by molar-refractivity contribution is 0.0952. The predicted molar refractivity (Wildman–Crippen MR) is 100 cm³/mol. The number of anilines is 1. The van der Waals surface area contributed by atoms with E-state index in [0.29, 0.717) is 22.9 Å². The Hall–Kier alpha value is -2.60. The van der Waals surface area contributed by atoms with Crippen molar-refractivity contribution in [3.8, 4) is 0 Å². The summed E-state index contributed by atoms with van der Waals surface area (Å²) in [7, 11) is 0. The molecule has 3 rings (SSSR count). The van der Waals surface area contributed by atoms with E-state index in [4.69, 9.17) is 11.6 Å². The molecule has 3 aromatic rings. The summed E-state index contributed by atoms with van der Waals surface area (Å²) in [5.74, 6) is 0.417. The Kier molecular flexibility index (Phi) is 5.50. The van der Waals surface area contributed by atoms with Crippen LogP contribution in [0.3, 0.4) is 0 Å². The van der Waals surface area contributed by atoms with Gasteiger partial charge in [0.15, 0.2) is 0 Å². The summed E-state index contributed by atoms with van der Waals surface area (Å²) in [5, 5.41) is 6.38. The van der Waals surface area contributed by atoms with Crippen molar-refractivity contribution in [2.24, 2.45) is 0 Å². The normalized spacial score (nSPS) is 10.8. The van der Waals surface area contributed by atoms with Crippen LogP contribution in [0.5, 0.6) is 0 Å². The van der Waals surface area contributed by atoms with Gasteiger partial charge >= 0.3 is 0 Å². The number of nitrogens with one attached hydrogen (secondary N) is 2. The Labute approximate surface area is 151 Å². The van der Waals surface area contributed by atoms with Crippen molar-refractivity contribution in [1.29, 1.82) is 0 Å². The minimum Gasteiger partial charge on any atom is -0.369 e. The highest BCUT2D eigenvalue weighted by Gasteiger charge is 2.09. The van der Waals surface area contributed by atoms with Gasteiger partial charge in [-0.2, -0.15) is 0 Å². The molecule has 0 spiro atoms. The maximum absolute atomic E-state index is 12.2. The van der Waals surface area contributed by atoms with Crippen molar-refractivity contribution in [1.82, 2.24) is 19.9 Å². The van der Waals surface area contributed by atoms with Gasteiger partial charge in [0.25, 0.3) is 5.91 Å². The molecule has 0 saturated carbocycles. The lowest BCUT2D eigenvalue weighted by atomic mass is 10.2. The summed E-state index contributed by atoms with van der Waals surface area (Å²) in [6, 6.07) is 9.63. The minimum atomic E-state index is -0.173. The summed E-state index contributed by atoms with van der Waals surface area (Å²) in [6.45, 7) is 4.04. The quantitative estimate of drug-likeness (QED) is 0.636. The van der Waals surface area contributed by atoms with Crippen molar-refractivity contribution >= 4 is 34.4 Å². The van der Waals surface area contributed by atoms with Crippen LogP contribution in [-0.2, 0) is 6.54 Å². The molecule has 130 valence electrons. The van der Waals surface area contributed by atoms with Crippen LogP contribution in [0, 0.1) is 0 Å². The third kappa shape index (κ3) is 4.09. The molecule has 2 aromatic heterocycles. The molecule has 25 heavy (non-hydrogen) atoms. The van der Waals surface area contributed by atoms with Crippen molar-refractivity contribution in [3.05, 3.63) is 53.4 Å². The Morgan fingerprint density at radius 1 is 1.28 bits per heavy atom. The van der Waals surface area contributed by atoms with E-state index in [0.717, 1.165) is 30.5 Å². The Balaban J connectivity index is 1.52. The molecule has 1 amide bonds. The van der Waals surface area contributed by atoms with Crippen LogP contribution >= 0.6 is 11.6 Å². The molecule has 2 N–H and O–H groups in total. The fourth-order valence-electron chi connectivity index (χ4n) is 2.60. The second-order valence-corrected chi connectivity index (χ2v) is 6.03. The standard InChI is InChI=1S/C18H20ClN5O/c1-2-20-17-14(19)10-13(11-22-17)18(25)21-8-5-9-24-12-23-15-6-3-4-7-16(15)24/h3-4,6-7,10-12H,2,5,8-9H2,1H3,(H,20,22)(H,21,25). The van der Waals surface area contributed by atoms with Crippen LogP contribution in [0.4, 0.5) is 5.82 Å². The molecule has 0 aliphatic carbocycles. The van der Waals surface area contributed by atoms with E-state index in [9.17, 15) is 4.79 Å². The first-order chi connectivity index (χ1) is 12.2. The Morgan fingerprint density at radius 2 is 2.12 bits per heavy atom. The van der Waals surface area contributed by atoms with Crippen LogP contribution in [0.15, 0.2) is 42.9 Å². The minimum absolute atomic E-state index is 0.173. The molecule has 0 fully saturated rings. The molecule has 0 radical (unpaired) electrons. The van der Waals surface area contributed by atoms with Gasteiger partial charge in [0.1, 0.15) is 5.82 Å². The number of nitrogens with zero attached hydrogens (tertiary/aromatic N) is 3. The van der Waals surface area contributed by atoms with Gasteiger partial charge < -0.3 is 15.2 Å². The maximum Gasteiger partial charge on any atom is 0.252 e. The Morgan fingerprint density at radius 3 is 2.92 bits per heavy atom. The molecular formula is C18H20ClN5O. The lowest BCUT2D eigenvalue weighted by Gasteiger charge is -2.09. The molecule has 6 nitrogen and oxygen atoms in total. The number of aryl methyl sites for hydroxylation is 1. The van der Waals surface area contributed by atoms with E-state index in [1.54, 1.807) is 6.07 Å². The van der Waals surface area contributed by atoms with Crippen LogP contribution in [0.2, 0.25) is 5.02 Å². The average molecular weight is 358 g/mol. The third-order valence-electron chi connectivity index (χ3n) is 3.84. The van der Waals surface area contributed by atoms with E-state index in [1.807, 2.05) is 37.5 Å². The van der Waals surface area contributed by atoms with Crippen LogP contribution in [0.25, 0.3) is 11.0 Å². The lowest BCUT2D eigenvalue weighted by Crippen LogP contribution is -2.25. The number of rotatable bonds is 7. The van der Waals surface area contributed by atoms with Crippen molar-refractivity contribution in [2.75, 3.05) is 18.4 Å². The highest BCUT2D eigenvalue weighted by molar-refractivity contribution is 6.33. The van der Waals surface area contributed by atoms with E-state index >= 15 is 0 Å². The number of hydrogen-bond donors (Lipinski definition) is 2. The van der Waals surface area contributed by atoms with Crippen molar-refractivity contribution in [2.45, 2.75) is 19.9 Å². The van der Waals surface area contributed by atoms with Gasteiger partial charge in [-0.15, -0.1) is 0 Å². The molecule has 0 unspecified atom stereocenters. The van der Waals surface area contributed by atoms with E-state index in [1.165, 1.54) is 6.20 Å². The van der Waals surface area contributed by atoms with Crippen LogP contribution in [0.1, 0.15) is 23.7 Å². The third-order valence-corrected chi connectivity index (χ3v) is 4.12. The van der Waals surface area contributed by atoms with Gasteiger partial charge in [-0.05, 0) is 31.5 Å². The number of halogens is 1. The zero-order chi connectivity index (χ0) is 17.6. The molecule has 0 saturated heterocycles. The largest absolute Gasteiger partial charge is 0.369 e. The maximum atomic E-state index is 12.2. The monoisotopic (exact) mass is 357 g/mol. The highest BCUT2D eigenvalue weighted by atomic mass is 35.5. The van der Waals surface area contributed by atoms with Crippen LogP contribution in [-0.4, -0.2) is 33.5 Å². The second kappa shape index (κ2) is 7.98. The fourth-order valence-corrected chi connectivity index (χ4v) is 2.83. The first kappa shape index (κ1) is 17.2. The summed E-state index contributed by atoms with van der Waals surface area (Å²) in [5.41, 5.74) is 2.54. The van der Waals surface area contributed by atoms with Gasteiger partial charge in [-0.1, -0.05) is 23.7 Å². The molecule has 0 atom stereocenters. The molecule has 0 aliphatic rings. The van der Waals surface area contributed by atoms with Gasteiger partial charge in [-0.25, -0.2) is 9.97 Å². The molecule has 0 bridgehead atoms. The first-order valence-corrected chi connectivity index (χ1v) is 8.64. The topological polar surface area (TPSA) is 71.8 Å². The zero-order valence-electron chi connectivity index (χ0n) is 14.0. The average Bonchev–Trinajstić information content (AvgIpc) is 3.03. The number of fused-ring (bicyclic) bond motifs is 1. The second-order valence-electron chi connectivity index (χ2n) is 5.62. The molecule has 0 aliphatic heterocycles. The fraction of sp³-hybridized carbons (Fsp3) is 0.278. The number of hydrogen-bond acceptors (Lipinski definition) is 4. The summed E-state index contributed by atoms with van der Waals surface area (Å²) >= 11 is 6.12. The zero-order valence-corrected chi connectivity index (χ0v) is 14.8. The van der Waals surface area contributed by atoms with Crippen molar-refractivity contribution in [3.63, 3.8) is 0 Å². The van der Waals surface area contributed by atoms with Crippen LogP contribution < -0.4 is 10.6 Å². The number of pyridine rings is 1. The highest BCUT2D eigenvalue weighted by Crippen LogP contribution is 2.19. The number of carbonyl (C=O) groups is 1. The van der Waals surface area contributed by atoms with Crippen molar-refractivity contribution < 1.29 is 4.79 Å². The number of imidazole rings is 1. The summed E-state index contributed by atoms with van der Waals surface area (Å²) < 4.78 is 2.09. The van der Waals surface area contributed by atoms with Gasteiger partial charge in [-0.3, -0.25) is 4.79 Å². The number of para-hydroxylation sites is 2. The number of benzene rings is 1. The molecule has 2 heterocycles. The number of amides is 1. The number of carbonyl (C=O) groups excluding carboxylic acids is 1. The van der Waals surface area contributed by atoms with E-state index in [2.05, 4.69) is 25.2 Å². The Bertz CT molecular complexity index is 877. The molecule has 1 aromatic carbocycles. The summed E-state index contributed by atoms with van der Waals surface area (Å²) in [6.07, 6.45) is 4.17. The SMILES string of the molecule is CCNc1ncc(C(=O)NCCCn2cnc3ccccc32)cc1Cl. The van der Waals surface area contributed by atoms with Gasteiger partial charge in [0, 0.05) is 25.8 Å².